The fourth-order valence-corrected chi connectivity index (χ4v) is 8.27. The predicted octanol–water partition coefficient (Wildman–Crippen LogP) is 14.0. The van der Waals surface area contributed by atoms with Crippen molar-refractivity contribution in [1.29, 1.82) is 0 Å². The highest BCUT2D eigenvalue weighted by molar-refractivity contribution is 6.17. The van der Waals surface area contributed by atoms with Crippen LogP contribution >= 0.6 is 0 Å². The van der Waals surface area contributed by atoms with Crippen molar-refractivity contribution in [2.75, 3.05) is 0 Å². The van der Waals surface area contributed by atoms with Gasteiger partial charge in [0.2, 0.25) is 0 Å². The molecule has 0 unspecified atom stereocenters. The van der Waals surface area contributed by atoms with Crippen LogP contribution in [-0.2, 0) is 0 Å². The Bertz CT molecular complexity index is 3330. The maximum Gasteiger partial charge on any atom is 0.164 e. The molecule has 0 aliphatic carbocycles. The summed E-state index contributed by atoms with van der Waals surface area (Å²) in [5.41, 5.74) is 13.6. The van der Waals surface area contributed by atoms with E-state index in [1.807, 2.05) is 36.4 Å². The van der Waals surface area contributed by atoms with E-state index in [2.05, 4.69) is 193 Å². The van der Waals surface area contributed by atoms with Crippen molar-refractivity contribution in [2.45, 2.75) is 0 Å². The summed E-state index contributed by atoms with van der Waals surface area (Å²) in [5.74, 6) is 1.88. The zero-order chi connectivity index (χ0) is 40.5. The van der Waals surface area contributed by atoms with Crippen LogP contribution in [0.15, 0.2) is 224 Å². The fourth-order valence-electron chi connectivity index (χ4n) is 8.27. The van der Waals surface area contributed by atoms with Gasteiger partial charge in [0.1, 0.15) is 5.69 Å². The van der Waals surface area contributed by atoms with Crippen molar-refractivity contribution >= 4 is 21.7 Å². The molecule has 0 spiro atoms. The molecule has 0 radical (unpaired) electrons. The van der Waals surface area contributed by atoms with Crippen LogP contribution in [0.5, 0.6) is 0 Å². The Balaban J connectivity index is 1.01. The van der Waals surface area contributed by atoms with E-state index < -0.39 is 0 Å². The van der Waals surface area contributed by atoms with Crippen molar-refractivity contribution in [1.82, 2.24) is 24.7 Å². The zero-order valence-electron chi connectivity index (χ0n) is 33.1. The summed E-state index contributed by atoms with van der Waals surface area (Å²) >= 11 is 0. The average molecular weight is 780 g/mol. The van der Waals surface area contributed by atoms with Gasteiger partial charge in [-0.05, 0) is 63.0 Å². The number of fused-ring (bicyclic) bond motifs is 3. The molecule has 5 heteroatoms. The number of rotatable bonds is 8. The first-order valence-corrected chi connectivity index (χ1v) is 20.5. The SMILES string of the molecule is c1ccc(-c2cccc(-c3nc(-c4ccccc4)nc(-c4ccc(-c5cccc(-n6nc(-c7ccccc7)c7c(-c8ccccc8)cc8ccccc8c76)c5)cc4)n3)c2)cc1. The van der Waals surface area contributed by atoms with E-state index in [0.717, 1.165) is 83.3 Å². The van der Waals surface area contributed by atoms with Gasteiger partial charge in [0.15, 0.2) is 17.5 Å². The van der Waals surface area contributed by atoms with Gasteiger partial charge < -0.3 is 0 Å². The van der Waals surface area contributed by atoms with E-state index in [9.17, 15) is 0 Å². The van der Waals surface area contributed by atoms with Gasteiger partial charge in [-0.25, -0.2) is 19.6 Å². The molecule has 0 saturated heterocycles. The lowest BCUT2D eigenvalue weighted by atomic mass is 9.94. The topological polar surface area (TPSA) is 56.5 Å². The summed E-state index contributed by atoms with van der Waals surface area (Å²) in [6.45, 7) is 0. The first-order chi connectivity index (χ1) is 30.2. The van der Waals surface area contributed by atoms with Gasteiger partial charge in [0.25, 0.3) is 0 Å². The molecule has 61 heavy (non-hydrogen) atoms. The van der Waals surface area contributed by atoms with Gasteiger partial charge in [-0.3, -0.25) is 0 Å². The summed E-state index contributed by atoms with van der Waals surface area (Å²) in [7, 11) is 0. The van der Waals surface area contributed by atoms with E-state index in [0.29, 0.717) is 17.5 Å². The number of benzene rings is 9. The van der Waals surface area contributed by atoms with Crippen molar-refractivity contribution in [3.05, 3.63) is 224 Å². The molecule has 11 rings (SSSR count). The van der Waals surface area contributed by atoms with E-state index in [1.54, 1.807) is 0 Å². The summed E-state index contributed by atoms with van der Waals surface area (Å²) in [5, 5.41) is 8.89. The Kier molecular flexibility index (Phi) is 9.10. The van der Waals surface area contributed by atoms with Gasteiger partial charge >= 0.3 is 0 Å². The molecule has 9 aromatic carbocycles. The highest BCUT2D eigenvalue weighted by Gasteiger charge is 2.21. The molecule has 0 bridgehead atoms. The van der Waals surface area contributed by atoms with Gasteiger partial charge in [-0.2, -0.15) is 5.10 Å². The Morgan fingerprint density at radius 3 is 1.44 bits per heavy atom. The van der Waals surface area contributed by atoms with E-state index in [4.69, 9.17) is 20.1 Å². The third-order valence-corrected chi connectivity index (χ3v) is 11.3. The monoisotopic (exact) mass is 779 g/mol. The molecule has 0 amide bonds. The van der Waals surface area contributed by atoms with E-state index in [1.165, 1.54) is 5.39 Å². The molecule has 2 heterocycles. The minimum atomic E-state index is 0.617. The van der Waals surface area contributed by atoms with Crippen LogP contribution in [-0.4, -0.2) is 24.7 Å². The molecule has 286 valence electrons. The maximum atomic E-state index is 5.44. The van der Waals surface area contributed by atoms with Crippen LogP contribution in [0.25, 0.3) is 106 Å². The molecule has 0 atom stereocenters. The van der Waals surface area contributed by atoms with Crippen molar-refractivity contribution in [2.24, 2.45) is 0 Å². The first kappa shape index (κ1) is 35.8. The molecule has 0 N–H and O–H groups in total. The number of nitrogens with zero attached hydrogens (tertiary/aromatic N) is 5. The van der Waals surface area contributed by atoms with Gasteiger partial charge in [-0.1, -0.05) is 200 Å². The number of aromatic nitrogens is 5. The third-order valence-electron chi connectivity index (χ3n) is 11.3. The van der Waals surface area contributed by atoms with Gasteiger partial charge in [0.05, 0.1) is 11.2 Å². The Labute approximate surface area is 354 Å². The minimum absolute atomic E-state index is 0.617. The first-order valence-electron chi connectivity index (χ1n) is 20.5. The van der Waals surface area contributed by atoms with Crippen LogP contribution in [0.4, 0.5) is 0 Å². The summed E-state index contributed by atoms with van der Waals surface area (Å²) in [4.78, 5) is 15.1. The largest absolute Gasteiger partial charge is 0.232 e. The van der Waals surface area contributed by atoms with Crippen LogP contribution in [0.3, 0.4) is 0 Å². The lowest BCUT2D eigenvalue weighted by Crippen LogP contribution is -2.00. The normalized spacial score (nSPS) is 11.3. The van der Waals surface area contributed by atoms with Crippen molar-refractivity contribution < 1.29 is 0 Å². The zero-order valence-corrected chi connectivity index (χ0v) is 33.1. The molecule has 5 nitrogen and oxygen atoms in total. The molecular formula is C56H37N5. The number of hydrogen-bond donors (Lipinski definition) is 0. The minimum Gasteiger partial charge on any atom is -0.232 e. The second-order valence-electron chi connectivity index (χ2n) is 15.1. The maximum absolute atomic E-state index is 5.44. The molecule has 0 fully saturated rings. The second kappa shape index (κ2) is 15.5. The van der Waals surface area contributed by atoms with E-state index in [-0.39, 0.29) is 0 Å². The standard InChI is InChI=1S/C56H37N5/c1-5-17-38(18-6-1)44-26-15-28-47(35-44)56-58-54(42-23-11-4-12-24-42)57-55(59-56)43-33-31-39(32-34-43)45-27-16-29-48(36-45)61-53-49-30-14-13-25-46(49)37-50(40-19-7-2-8-20-40)51(53)52(60-61)41-21-9-3-10-22-41/h1-37H. The highest BCUT2D eigenvalue weighted by atomic mass is 15.3. The lowest BCUT2D eigenvalue weighted by Gasteiger charge is -2.12. The summed E-state index contributed by atoms with van der Waals surface area (Å²) in [6, 6.07) is 78.1. The smallest absolute Gasteiger partial charge is 0.164 e. The Hall–Kier alpha value is -8.28. The van der Waals surface area contributed by atoms with Gasteiger partial charge in [0, 0.05) is 33.0 Å². The van der Waals surface area contributed by atoms with Crippen LogP contribution in [0.1, 0.15) is 0 Å². The van der Waals surface area contributed by atoms with Crippen molar-refractivity contribution in [3.8, 4) is 84.5 Å². The summed E-state index contributed by atoms with van der Waals surface area (Å²) < 4.78 is 2.13. The van der Waals surface area contributed by atoms with Crippen LogP contribution in [0.2, 0.25) is 0 Å². The lowest BCUT2D eigenvalue weighted by molar-refractivity contribution is 0.918. The summed E-state index contributed by atoms with van der Waals surface area (Å²) in [6.07, 6.45) is 0. The highest BCUT2D eigenvalue weighted by Crippen LogP contribution is 2.42. The quantitative estimate of drug-likeness (QED) is 0.154. The molecule has 2 aromatic heterocycles. The fraction of sp³-hybridized carbons (Fsp3) is 0. The third kappa shape index (κ3) is 6.84. The Morgan fingerprint density at radius 1 is 0.311 bits per heavy atom. The second-order valence-corrected chi connectivity index (χ2v) is 15.1. The molecule has 0 aliphatic heterocycles. The van der Waals surface area contributed by atoms with Crippen molar-refractivity contribution in [3.63, 3.8) is 0 Å². The molecule has 11 aromatic rings. The average Bonchev–Trinajstić information content (AvgIpc) is 3.76. The molecular weight excluding hydrogens is 743 g/mol. The predicted molar refractivity (Wildman–Crippen MR) is 250 cm³/mol. The van der Waals surface area contributed by atoms with Crippen LogP contribution in [0, 0.1) is 0 Å². The molecule has 0 aliphatic rings. The molecule has 0 saturated carbocycles. The Morgan fingerprint density at radius 2 is 0.770 bits per heavy atom. The van der Waals surface area contributed by atoms with Gasteiger partial charge in [-0.15, -0.1) is 0 Å². The number of hydrogen-bond acceptors (Lipinski definition) is 4. The van der Waals surface area contributed by atoms with Crippen LogP contribution < -0.4 is 0 Å². The van der Waals surface area contributed by atoms with E-state index >= 15 is 0 Å².